The summed E-state index contributed by atoms with van der Waals surface area (Å²) in [4.78, 5) is 17.0. The van der Waals surface area contributed by atoms with Crippen LogP contribution in [0.1, 0.15) is 10.4 Å². The standard InChI is InChI=1S/C17H16N2O5S2/c1-23-11-6-10(7-12(8-11)24-2)16(20)19-17-18-14-5-4-13(26(3,21)22)9-15(14)25-17/h4-9H,1-3H3,(H,18,19,20). The van der Waals surface area contributed by atoms with E-state index in [1.54, 1.807) is 30.3 Å². The Morgan fingerprint density at radius 3 is 2.31 bits per heavy atom. The van der Waals surface area contributed by atoms with Gasteiger partial charge in [-0.3, -0.25) is 10.1 Å². The maximum absolute atomic E-state index is 12.5. The Kier molecular flexibility index (Phi) is 4.84. The molecule has 7 nitrogen and oxygen atoms in total. The van der Waals surface area contributed by atoms with Crippen molar-refractivity contribution in [2.24, 2.45) is 0 Å². The molecule has 0 aliphatic heterocycles. The van der Waals surface area contributed by atoms with Gasteiger partial charge in [0.1, 0.15) is 11.5 Å². The number of benzene rings is 2. The molecule has 9 heteroatoms. The first kappa shape index (κ1) is 18.2. The second-order valence-corrected chi connectivity index (χ2v) is 8.52. The summed E-state index contributed by atoms with van der Waals surface area (Å²) in [5, 5.41) is 3.09. The Labute approximate surface area is 154 Å². The second-order valence-electron chi connectivity index (χ2n) is 5.48. The fourth-order valence-corrected chi connectivity index (χ4v) is 3.92. The molecular weight excluding hydrogens is 376 g/mol. The monoisotopic (exact) mass is 392 g/mol. The van der Waals surface area contributed by atoms with Gasteiger partial charge in [-0.15, -0.1) is 0 Å². The molecule has 0 saturated carbocycles. The summed E-state index contributed by atoms with van der Waals surface area (Å²) in [5.41, 5.74) is 0.971. The van der Waals surface area contributed by atoms with E-state index in [-0.39, 0.29) is 10.8 Å². The van der Waals surface area contributed by atoms with Crippen molar-refractivity contribution in [2.75, 3.05) is 25.8 Å². The van der Waals surface area contributed by atoms with Crippen LogP contribution in [0.2, 0.25) is 0 Å². The van der Waals surface area contributed by atoms with Gasteiger partial charge < -0.3 is 9.47 Å². The molecule has 3 rings (SSSR count). The van der Waals surface area contributed by atoms with E-state index >= 15 is 0 Å². The van der Waals surface area contributed by atoms with Crippen LogP contribution < -0.4 is 14.8 Å². The number of nitrogens with one attached hydrogen (secondary N) is 1. The molecule has 0 radical (unpaired) electrons. The molecule has 0 fully saturated rings. The van der Waals surface area contributed by atoms with Crippen LogP contribution in [0.5, 0.6) is 11.5 Å². The quantitative estimate of drug-likeness (QED) is 0.717. The Bertz CT molecular complexity index is 1070. The SMILES string of the molecule is COc1cc(OC)cc(C(=O)Nc2nc3ccc(S(C)(=O)=O)cc3s2)c1. The molecule has 0 bridgehead atoms. The van der Waals surface area contributed by atoms with Crippen molar-refractivity contribution in [3.63, 3.8) is 0 Å². The van der Waals surface area contributed by atoms with Crippen molar-refractivity contribution in [3.05, 3.63) is 42.0 Å². The lowest BCUT2D eigenvalue weighted by molar-refractivity contribution is 0.102. The number of rotatable bonds is 5. The first-order valence-electron chi connectivity index (χ1n) is 7.45. The van der Waals surface area contributed by atoms with Gasteiger partial charge in [0.05, 0.1) is 29.3 Å². The second kappa shape index (κ2) is 6.93. The summed E-state index contributed by atoms with van der Waals surface area (Å²) in [6.45, 7) is 0. The number of hydrogen-bond acceptors (Lipinski definition) is 7. The maximum atomic E-state index is 12.5. The lowest BCUT2D eigenvalue weighted by Gasteiger charge is -2.07. The summed E-state index contributed by atoms with van der Waals surface area (Å²) in [5.74, 6) is 0.623. The lowest BCUT2D eigenvalue weighted by Crippen LogP contribution is -2.12. The number of carbonyl (C=O) groups is 1. The maximum Gasteiger partial charge on any atom is 0.257 e. The third-order valence-electron chi connectivity index (χ3n) is 3.62. The average Bonchev–Trinajstić information content (AvgIpc) is 3.01. The van der Waals surface area contributed by atoms with E-state index in [0.717, 1.165) is 6.26 Å². The van der Waals surface area contributed by atoms with Gasteiger partial charge in [0.2, 0.25) is 0 Å². The number of methoxy groups -OCH3 is 2. The summed E-state index contributed by atoms with van der Waals surface area (Å²) in [6.07, 6.45) is 1.15. The van der Waals surface area contributed by atoms with Gasteiger partial charge in [-0.2, -0.15) is 0 Å². The number of carbonyl (C=O) groups excluding carboxylic acids is 1. The first-order chi connectivity index (χ1) is 12.3. The van der Waals surface area contributed by atoms with Crippen molar-refractivity contribution in [1.82, 2.24) is 4.98 Å². The predicted octanol–water partition coefficient (Wildman–Crippen LogP) is 2.97. The van der Waals surface area contributed by atoms with Crippen LogP contribution in [0.3, 0.4) is 0 Å². The van der Waals surface area contributed by atoms with E-state index in [0.29, 0.717) is 32.4 Å². The third kappa shape index (κ3) is 3.78. The number of thiazole rings is 1. The van der Waals surface area contributed by atoms with Crippen molar-refractivity contribution in [3.8, 4) is 11.5 Å². The highest BCUT2D eigenvalue weighted by atomic mass is 32.2. The molecule has 1 N–H and O–H groups in total. The molecule has 0 aliphatic carbocycles. The van der Waals surface area contributed by atoms with Gasteiger partial charge in [0.15, 0.2) is 15.0 Å². The van der Waals surface area contributed by atoms with Crippen LogP contribution in [0, 0.1) is 0 Å². The largest absolute Gasteiger partial charge is 0.497 e. The number of aromatic nitrogens is 1. The zero-order valence-electron chi connectivity index (χ0n) is 14.3. The summed E-state index contributed by atoms with van der Waals surface area (Å²) >= 11 is 1.20. The molecular formula is C17H16N2O5S2. The molecule has 0 unspecified atom stereocenters. The molecule has 136 valence electrons. The molecule has 0 aliphatic rings. The minimum Gasteiger partial charge on any atom is -0.497 e. The molecule has 0 saturated heterocycles. The van der Waals surface area contributed by atoms with E-state index in [2.05, 4.69) is 10.3 Å². The fraction of sp³-hybridized carbons (Fsp3) is 0.176. The highest BCUT2D eigenvalue weighted by Crippen LogP contribution is 2.29. The summed E-state index contributed by atoms with van der Waals surface area (Å²) in [6, 6.07) is 9.51. The van der Waals surface area contributed by atoms with Crippen LogP contribution in [0.25, 0.3) is 10.2 Å². The Balaban J connectivity index is 1.90. The van der Waals surface area contributed by atoms with Crippen LogP contribution in [0.15, 0.2) is 41.3 Å². The number of ether oxygens (including phenoxy) is 2. The van der Waals surface area contributed by atoms with Crippen molar-refractivity contribution < 1.29 is 22.7 Å². The number of amides is 1. The topological polar surface area (TPSA) is 94.6 Å². The lowest BCUT2D eigenvalue weighted by atomic mass is 10.2. The van der Waals surface area contributed by atoms with Crippen molar-refractivity contribution in [1.29, 1.82) is 0 Å². The zero-order valence-corrected chi connectivity index (χ0v) is 15.9. The van der Waals surface area contributed by atoms with Crippen molar-refractivity contribution >= 4 is 42.4 Å². The number of anilines is 1. The third-order valence-corrected chi connectivity index (χ3v) is 5.67. The van der Waals surface area contributed by atoms with Gasteiger partial charge in [0.25, 0.3) is 5.91 Å². The minimum absolute atomic E-state index is 0.212. The van der Waals surface area contributed by atoms with Crippen molar-refractivity contribution in [2.45, 2.75) is 4.90 Å². The van der Waals surface area contributed by atoms with E-state index in [4.69, 9.17) is 9.47 Å². The summed E-state index contributed by atoms with van der Waals surface area (Å²) < 4.78 is 34.3. The van der Waals surface area contributed by atoms with E-state index in [1.165, 1.54) is 31.6 Å². The van der Waals surface area contributed by atoms with Crippen LogP contribution in [-0.4, -0.2) is 39.8 Å². The Morgan fingerprint density at radius 2 is 1.73 bits per heavy atom. The van der Waals surface area contributed by atoms with Gasteiger partial charge in [-0.1, -0.05) is 11.3 Å². The van der Waals surface area contributed by atoms with Gasteiger partial charge >= 0.3 is 0 Å². The molecule has 1 aromatic heterocycles. The van der Waals surface area contributed by atoms with Crippen LogP contribution in [-0.2, 0) is 9.84 Å². The minimum atomic E-state index is -3.30. The molecule has 0 atom stereocenters. The normalized spacial score (nSPS) is 11.3. The molecule has 1 heterocycles. The molecule has 0 spiro atoms. The summed E-state index contributed by atoms with van der Waals surface area (Å²) in [7, 11) is -0.296. The number of fused-ring (bicyclic) bond motifs is 1. The fourth-order valence-electron chi connectivity index (χ4n) is 2.30. The van der Waals surface area contributed by atoms with Crippen LogP contribution in [0.4, 0.5) is 5.13 Å². The first-order valence-corrected chi connectivity index (χ1v) is 10.2. The predicted molar refractivity (Wildman–Crippen MR) is 100 cm³/mol. The molecule has 1 amide bonds. The highest BCUT2D eigenvalue weighted by molar-refractivity contribution is 7.90. The number of hydrogen-bond donors (Lipinski definition) is 1. The molecule has 26 heavy (non-hydrogen) atoms. The van der Waals surface area contributed by atoms with E-state index < -0.39 is 9.84 Å². The average molecular weight is 392 g/mol. The smallest absolute Gasteiger partial charge is 0.257 e. The Morgan fingerprint density at radius 1 is 1.08 bits per heavy atom. The van der Waals surface area contributed by atoms with Crippen LogP contribution >= 0.6 is 11.3 Å². The zero-order chi connectivity index (χ0) is 18.9. The molecule has 2 aromatic carbocycles. The van der Waals surface area contributed by atoms with Gasteiger partial charge in [0, 0.05) is 17.9 Å². The molecule has 3 aromatic rings. The van der Waals surface area contributed by atoms with Gasteiger partial charge in [-0.25, -0.2) is 13.4 Å². The van der Waals surface area contributed by atoms with E-state index in [1.807, 2.05) is 0 Å². The number of sulfone groups is 1. The van der Waals surface area contributed by atoms with E-state index in [9.17, 15) is 13.2 Å². The highest BCUT2D eigenvalue weighted by Gasteiger charge is 2.14. The number of nitrogens with zero attached hydrogens (tertiary/aromatic N) is 1. The van der Waals surface area contributed by atoms with Gasteiger partial charge in [-0.05, 0) is 30.3 Å². The Hall–Kier alpha value is -2.65.